The Kier molecular flexibility index (Phi) is 3.22. The Morgan fingerprint density at radius 1 is 1.50 bits per heavy atom. The minimum atomic E-state index is -0.560. The molecule has 7 heteroatoms. The summed E-state index contributed by atoms with van der Waals surface area (Å²) in [5, 5.41) is 14.1. The molecule has 0 radical (unpaired) electrons. The lowest BCUT2D eigenvalue weighted by molar-refractivity contribution is -0.384. The molecule has 1 atom stereocenters. The van der Waals surface area contributed by atoms with Gasteiger partial charge in [-0.05, 0) is 19.1 Å². The van der Waals surface area contributed by atoms with Crippen LogP contribution in [0, 0.1) is 10.1 Å². The normalized spacial score (nSPS) is 17.8. The van der Waals surface area contributed by atoms with Crippen molar-refractivity contribution in [1.82, 2.24) is 0 Å². The Hall–Kier alpha value is -2.44. The average Bonchev–Trinajstić information content (AvgIpc) is 2.75. The van der Waals surface area contributed by atoms with Gasteiger partial charge in [-0.2, -0.15) is 0 Å². The third-order valence-electron chi connectivity index (χ3n) is 2.46. The summed E-state index contributed by atoms with van der Waals surface area (Å²) in [4.78, 5) is 26.4. The van der Waals surface area contributed by atoms with Crippen LogP contribution in [0.25, 0.3) is 0 Å². The number of nitro groups is 1. The van der Waals surface area contributed by atoms with Gasteiger partial charge in [0.25, 0.3) is 5.69 Å². The van der Waals surface area contributed by atoms with Gasteiger partial charge >= 0.3 is 5.97 Å². The molecule has 1 aliphatic rings. The monoisotopic (exact) mass is 250 g/mol. The molecule has 0 saturated heterocycles. The van der Waals surface area contributed by atoms with Gasteiger partial charge in [-0.15, -0.1) is 0 Å². The molecule has 18 heavy (non-hydrogen) atoms. The summed E-state index contributed by atoms with van der Waals surface area (Å²) >= 11 is 0. The Morgan fingerprint density at radius 2 is 2.17 bits per heavy atom. The van der Waals surface area contributed by atoms with Crippen molar-refractivity contribution in [2.75, 3.05) is 6.61 Å². The lowest BCUT2D eigenvalue weighted by atomic mass is 10.2. The highest BCUT2D eigenvalue weighted by atomic mass is 16.7. The first kappa shape index (κ1) is 12.0. The predicted octanol–water partition coefficient (Wildman–Crippen LogP) is 1.53. The van der Waals surface area contributed by atoms with Crippen molar-refractivity contribution in [3.63, 3.8) is 0 Å². The first-order valence-electron chi connectivity index (χ1n) is 5.20. The zero-order valence-corrected chi connectivity index (χ0v) is 9.53. The SMILES string of the molecule is CC1=NOCC1OC(=O)c1ccc([N+](=O)[O-])cc1. The molecule has 0 bridgehead atoms. The van der Waals surface area contributed by atoms with E-state index in [4.69, 9.17) is 9.57 Å². The molecule has 0 amide bonds. The third kappa shape index (κ3) is 2.45. The smallest absolute Gasteiger partial charge is 0.338 e. The molecule has 7 nitrogen and oxygen atoms in total. The zero-order valence-electron chi connectivity index (χ0n) is 9.53. The van der Waals surface area contributed by atoms with E-state index in [9.17, 15) is 14.9 Å². The van der Waals surface area contributed by atoms with Crippen molar-refractivity contribution in [3.8, 4) is 0 Å². The van der Waals surface area contributed by atoms with Crippen LogP contribution in [0.2, 0.25) is 0 Å². The van der Waals surface area contributed by atoms with E-state index in [1.165, 1.54) is 24.3 Å². The molecule has 1 aromatic carbocycles. The van der Waals surface area contributed by atoms with Crippen molar-refractivity contribution >= 4 is 17.4 Å². The first-order valence-corrected chi connectivity index (χ1v) is 5.20. The van der Waals surface area contributed by atoms with Gasteiger partial charge in [0.05, 0.1) is 16.2 Å². The van der Waals surface area contributed by atoms with Crippen LogP contribution < -0.4 is 0 Å². The van der Waals surface area contributed by atoms with Crippen LogP contribution in [-0.2, 0) is 9.57 Å². The second-order valence-corrected chi connectivity index (χ2v) is 3.73. The van der Waals surface area contributed by atoms with Crippen LogP contribution >= 0.6 is 0 Å². The highest BCUT2D eigenvalue weighted by molar-refractivity contribution is 5.94. The standard InChI is InChI=1S/C11H10N2O5/c1-7-10(6-17-12-7)18-11(14)8-2-4-9(5-3-8)13(15)16/h2-5,10H,6H2,1H3. The summed E-state index contributed by atoms with van der Waals surface area (Å²) in [6, 6.07) is 5.21. The summed E-state index contributed by atoms with van der Waals surface area (Å²) in [5.41, 5.74) is 0.763. The van der Waals surface area contributed by atoms with Crippen molar-refractivity contribution in [1.29, 1.82) is 0 Å². The van der Waals surface area contributed by atoms with Gasteiger partial charge in [0.1, 0.15) is 0 Å². The fourth-order valence-corrected chi connectivity index (χ4v) is 1.42. The Labute approximate surface area is 102 Å². The Bertz CT molecular complexity index is 509. The number of benzene rings is 1. The number of carbonyl (C=O) groups excluding carboxylic acids is 1. The summed E-state index contributed by atoms with van der Waals surface area (Å²) < 4.78 is 5.15. The summed E-state index contributed by atoms with van der Waals surface area (Å²) in [5.74, 6) is -0.560. The summed E-state index contributed by atoms with van der Waals surface area (Å²) in [6.07, 6.45) is -0.493. The van der Waals surface area contributed by atoms with E-state index in [2.05, 4.69) is 5.16 Å². The molecule has 94 valence electrons. The molecule has 0 saturated carbocycles. The quantitative estimate of drug-likeness (QED) is 0.461. The molecule has 0 aromatic heterocycles. The van der Waals surface area contributed by atoms with Gasteiger partial charge in [0, 0.05) is 12.1 Å². The maximum atomic E-state index is 11.7. The highest BCUT2D eigenvalue weighted by Crippen LogP contribution is 2.14. The van der Waals surface area contributed by atoms with Crippen LogP contribution in [0.5, 0.6) is 0 Å². The second-order valence-electron chi connectivity index (χ2n) is 3.73. The summed E-state index contributed by atoms with van der Waals surface area (Å²) in [7, 11) is 0. The zero-order chi connectivity index (χ0) is 13.1. The van der Waals surface area contributed by atoms with E-state index in [1.54, 1.807) is 6.92 Å². The number of hydrogen-bond donors (Lipinski definition) is 0. The van der Waals surface area contributed by atoms with Gasteiger partial charge in [0.15, 0.2) is 12.7 Å². The van der Waals surface area contributed by atoms with Crippen LogP contribution in [-0.4, -0.2) is 29.3 Å². The van der Waals surface area contributed by atoms with E-state index < -0.39 is 17.0 Å². The molecule has 1 aromatic rings. The number of hydrogen-bond acceptors (Lipinski definition) is 6. The number of non-ortho nitro benzene ring substituents is 1. The van der Waals surface area contributed by atoms with Crippen molar-refractivity contribution in [2.45, 2.75) is 13.0 Å². The highest BCUT2D eigenvalue weighted by Gasteiger charge is 2.24. The molecule has 1 unspecified atom stereocenters. The minimum absolute atomic E-state index is 0.0755. The first-order chi connectivity index (χ1) is 8.58. The number of rotatable bonds is 3. The number of nitro benzene ring substituents is 1. The van der Waals surface area contributed by atoms with Gasteiger partial charge in [0.2, 0.25) is 0 Å². The Morgan fingerprint density at radius 3 is 2.67 bits per heavy atom. The molecule has 2 rings (SSSR count). The third-order valence-corrected chi connectivity index (χ3v) is 2.46. The topological polar surface area (TPSA) is 91.0 Å². The molecule has 0 spiro atoms. The minimum Gasteiger partial charge on any atom is -0.449 e. The number of carbonyl (C=O) groups is 1. The van der Waals surface area contributed by atoms with E-state index in [0.717, 1.165) is 0 Å². The number of nitrogens with zero attached hydrogens (tertiary/aromatic N) is 2. The molecule has 1 heterocycles. The number of oxime groups is 1. The van der Waals surface area contributed by atoms with Crippen LogP contribution in [0.15, 0.2) is 29.4 Å². The molecule has 0 N–H and O–H groups in total. The summed E-state index contributed by atoms with van der Waals surface area (Å²) in [6.45, 7) is 1.89. The van der Waals surface area contributed by atoms with Gasteiger partial charge in [-0.3, -0.25) is 10.1 Å². The van der Waals surface area contributed by atoms with Crippen molar-refractivity contribution in [2.24, 2.45) is 5.16 Å². The predicted molar refractivity (Wildman–Crippen MR) is 61.4 cm³/mol. The van der Waals surface area contributed by atoms with E-state index in [0.29, 0.717) is 5.71 Å². The number of ether oxygens (including phenoxy) is 1. The lowest BCUT2D eigenvalue weighted by Gasteiger charge is -2.09. The maximum absolute atomic E-state index is 11.7. The lowest BCUT2D eigenvalue weighted by Crippen LogP contribution is -2.25. The van der Waals surface area contributed by atoms with Crippen molar-refractivity contribution < 1.29 is 19.3 Å². The van der Waals surface area contributed by atoms with Crippen LogP contribution in [0.3, 0.4) is 0 Å². The largest absolute Gasteiger partial charge is 0.449 e. The van der Waals surface area contributed by atoms with Gasteiger partial charge in [-0.1, -0.05) is 5.16 Å². The van der Waals surface area contributed by atoms with E-state index in [1.807, 2.05) is 0 Å². The van der Waals surface area contributed by atoms with Crippen LogP contribution in [0.4, 0.5) is 5.69 Å². The van der Waals surface area contributed by atoms with Crippen molar-refractivity contribution in [3.05, 3.63) is 39.9 Å². The average molecular weight is 250 g/mol. The van der Waals surface area contributed by atoms with Gasteiger partial charge in [-0.25, -0.2) is 4.79 Å². The van der Waals surface area contributed by atoms with E-state index >= 15 is 0 Å². The molecule has 0 aliphatic carbocycles. The molecule has 1 aliphatic heterocycles. The van der Waals surface area contributed by atoms with Crippen LogP contribution in [0.1, 0.15) is 17.3 Å². The second kappa shape index (κ2) is 4.82. The fourth-order valence-electron chi connectivity index (χ4n) is 1.42. The van der Waals surface area contributed by atoms with E-state index in [-0.39, 0.29) is 17.9 Å². The molecule has 0 fully saturated rings. The molecular weight excluding hydrogens is 240 g/mol. The molecular formula is C11H10N2O5. The Balaban J connectivity index is 2.05. The van der Waals surface area contributed by atoms with Gasteiger partial charge < -0.3 is 9.57 Å². The number of esters is 1. The fraction of sp³-hybridized carbons (Fsp3) is 0.273. The maximum Gasteiger partial charge on any atom is 0.338 e.